The Kier molecular flexibility index (Phi) is 7.91. The van der Waals surface area contributed by atoms with E-state index < -0.39 is 0 Å². The van der Waals surface area contributed by atoms with Crippen molar-refractivity contribution in [2.75, 3.05) is 11.9 Å². The van der Waals surface area contributed by atoms with E-state index in [2.05, 4.69) is 22.5 Å². The Labute approximate surface area is 120 Å². The largest absolute Gasteiger partial charge is 0.324 e. The van der Waals surface area contributed by atoms with Gasteiger partial charge in [0.15, 0.2) is 0 Å². The van der Waals surface area contributed by atoms with Crippen LogP contribution in [0.5, 0.6) is 0 Å². The minimum Gasteiger partial charge on any atom is -0.324 e. The van der Waals surface area contributed by atoms with Crippen molar-refractivity contribution in [3.63, 3.8) is 0 Å². The number of hydrogen-bond donors (Lipinski definition) is 2. The number of pyridine rings is 1. The number of carbonyl (C=O) groups excluding carboxylic acids is 1. The third-order valence-electron chi connectivity index (χ3n) is 2.92. The Morgan fingerprint density at radius 2 is 2.28 bits per heavy atom. The molecule has 18 heavy (non-hydrogen) atoms. The van der Waals surface area contributed by atoms with Crippen molar-refractivity contribution in [3.05, 3.63) is 24.5 Å². The van der Waals surface area contributed by atoms with E-state index in [1.54, 1.807) is 12.4 Å². The van der Waals surface area contributed by atoms with Crippen molar-refractivity contribution in [1.82, 2.24) is 10.3 Å². The van der Waals surface area contributed by atoms with Crippen LogP contribution in [-0.4, -0.2) is 23.5 Å². The zero-order valence-corrected chi connectivity index (χ0v) is 11.9. The van der Waals surface area contributed by atoms with E-state index in [1.165, 1.54) is 0 Å². The Morgan fingerprint density at radius 3 is 2.89 bits per heavy atom. The van der Waals surface area contributed by atoms with Gasteiger partial charge in [-0.1, -0.05) is 0 Å². The van der Waals surface area contributed by atoms with Gasteiger partial charge in [0.25, 0.3) is 0 Å². The molecule has 1 aromatic rings. The van der Waals surface area contributed by atoms with Crippen LogP contribution in [0.2, 0.25) is 0 Å². The molecule has 1 aliphatic heterocycles. The minimum atomic E-state index is 0. The molecule has 1 saturated heterocycles. The summed E-state index contributed by atoms with van der Waals surface area (Å²) in [7, 11) is 0. The van der Waals surface area contributed by atoms with Crippen LogP contribution in [0.4, 0.5) is 5.69 Å². The van der Waals surface area contributed by atoms with Gasteiger partial charge in [-0.05, 0) is 38.4 Å². The van der Waals surface area contributed by atoms with Crippen LogP contribution in [0.1, 0.15) is 19.8 Å². The lowest BCUT2D eigenvalue weighted by atomic mass is 9.92. The molecule has 0 spiro atoms. The van der Waals surface area contributed by atoms with Crippen LogP contribution in [-0.2, 0) is 4.79 Å². The van der Waals surface area contributed by atoms with Crippen molar-refractivity contribution in [2.24, 2.45) is 5.92 Å². The van der Waals surface area contributed by atoms with Crippen LogP contribution in [0.15, 0.2) is 24.5 Å². The number of anilines is 1. The second-order valence-electron chi connectivity index (χ2n) is 4.31. The van der Waals surface area contributed by atoms with Gasteiger partial charge in [-0.15, -0.1) is 24.8 Å². The lowest BCUT2D eigenvalue weighted by molar-refractivity contribution is -0.120. The number of halogens is 2. The molecule has 0 unspecified atom stereocenters. The Bertz CT molecular complexity index is 362. The van der Waals surface area contributed by atoms with Gasteiger partial charge in [0.1, 0.15) is 0 Å². The SMILES string of the molecule is C[C@H]1C[C@@H](C(=O)Nc2cccnc2)CCN1.Cl.Cl. The van der Waals surface area contributed by atoms with Gasteiger partial charge in [-0.2, -0.15) is 0 Å². The summed E-state index contributed by atoms with van der Waals surface area (Å²) in [4.78, 5) is 15.9. The molecule has 0 saturated carbocycles. The maximum Gasteiger partial charge on any atom is 0.227 e. The Morgan fingerprint density at radius 1 is 1.50 bits per heavy atom. The Balaban J connectivity index is 0.00000144. The molecule has 2 atom stereocenters. The Hall–Kier alpha value is -0.840. The molecule has 1 fully saturated rings. The molecule has 0 bridgehead atoms. The maximum absolute atomic E-state index is 11.9. The summed E-state index contributed by atoms with van der Waals surface area (Å²) in [5.41, 5.74) is 0.777. The summed E-state index contributed by atoms with van der Waals surface area (Å²) in [6.07, 6.45) is 5.19. The molecular formula is C12H19Cl2N3O. The van der Waals surface area contributed by atoms with Crippen molar-refractivity contribution in [2.45, 2.75) is 25.8 Å². The monoisotopic (exact) mass is 291 g/mol. The molecule has 102 valence electrons. The van der Waals surface area contributed by atoms with E-state index in [4.69, 9.17) is 0 Å². The van der Waals surface area contributed by atoms with Gasteiger partial charge in [-0.3, -0.25) is 9.78 Å². The second-order valence-corrected chi connectivity index (χ2v) is 4.31. The van der Waals surface area contributed by atoms with E-state index >= 15 is 0 Å². The molecule has 6 heteroatoms. The number of amides is 1. The summed E-state index contributed by atoms with van der Waals surface area (Å²) in [5, 5.41) is 6.24. The highest BCUT2D eigenvalue weighted by molar-refractivity contribution is 5.92. The molecule has 2 N–H and O–H groups in total. The van der Waals surface area contributed by atoms with E-state index in [9.17, 15) is 4.79 Å². The fourth-order valence-electron chi connectivity index (χ4n) is 2.05. The number of hydrogen-bond acceptors (Lipinski definition) is 3. The molecule has 4 nitrogen and oxygen atoms in total. The van der Waals surface area contributed by atoms with Crippen LogP contribution in [0.3, 0.4) is 0 Å². The average Bonchev–Trinajstić information content (AvgIpc) is 2.30. The summed E-state index contributed by atoms with van der Waals surface area (Å²) in [5.74, 6) is 0.234. The van der Waals surface area contributed by atoms with Crippen LogP contribution in [0, 0.1) is 5.92 Å². The zero-order chi connectivity index (χ0) is 11.4. The predicted molar refractivity (Wildman–Crippen MR) is 77.6 cm³/mol. The van der Waals surface area contributed by atoms with Crippen molar-refractivity contribution < 1.29 is 4.79 Å². The van der Waals surface area contributed by atoms with Gasteiger partial charge in [0.05, 0.1) is 11.9 Å². The molecular weight excluding hydrogens is 273 g/mol. The smallest absolute Gasteiger partial charge is 0.227 e. The quantitative estimate of drug-likeness (QED) is 0.879. The van der Waals surface area contributed by atoms with E-state index in [0.29, 0.717) is 6.04 Å². The first-order valence-corrected chi connectivity index (χ1v) is 5.70. The standard InChI is InChI=1S/C12H17N3O.2ClH/c1-9-7-10(4-6-14-9)12(16)15-11-3-2-5-13-8-11;;/h2-3,5,8-10,14H,4,6-7H2,1H3,(H,15,16);2*1H/t9-,10-;;/m0../s1. The summed E-state index contributed by atoms with van der Waals surface area (Å²) < 4.78 is 0. The third kappa shape index (κ3) is 4.80. The number of carbonyl (C=O) groups is 1. The summed E-state index contributed by atoms with van der Waals surface area (Å²) in [6.45, 7) is 3.04. The highest BCUT2D eigenvalue weighted by Gasteiger charge is 2.24. The number of rotatable bonds is 2. The number of nitrogens with zero attached hydrogens (tertiary/aromatic N) is 1. The normalized spacial score (nSPS) is 22.3. The second kappa shape index (κ2) is 8.29. The minimum absolute atomic E-state index is 0. The molecule has 1 aromatic heterocycles. The first-order valence-electron chi connectivity index (χ1n) is 5.70. The van der Waals surface area contributed by atoms with E-state index in [-0.39, 0.29) is 36.6 Å². The molecule has 0 radical (unpaired) electrons. The molecule has 2 rings (SSSR count). The van der Waals surface area contributed by atoms with Gasteiger partial charge in [0.2, 0.25) is 5.91 Å². The van der Waals surface area contributed by atoms with Gasteiger partial charge >= 0.3 is 0 Å². The lowest BCUT2D eigenvalue weighted by Crippen LogP contribution is -2.40. The van der Waals surface area contributed by atoms with Gasteiger partial charge in [-0.25, -0.2) is 0 Å². The van der Waals surface area contributed by atoms with Crippen molar-refractivity contribution in [1.29, 1.82) is 0 Å². The van der Waals surface area contributed by atoms with Crippen molar-refractivity contribution >= 4 is 36.4 Å². The highest BCUT2D eigenvalue weighted by Crippen LogP contribution is 2.18. The number of piperidine rings is 1. The van der Waals surface area contributed by atoms with Gasteiger partial charge in [0, 0.05) is 18.2 Å². The lowest BCUT2D eigenvalue weighted by Gasteiger charge is -2.27. The summed E-state index contributed by atoms with van der Waals surface area (Å²) >= 11 is 0. The van der Waals surface area contributed by atoms with E-state index in [0.717, 1.165) is 25.1 Å². The average molecular weight is 292 g/mol. The number of nitrogens with one attached hydrogen (secondary N) is 2. The fourth-order valence-corrected chi connectivity index (χ4v) is 2.05. The topological polar surface area (TPSA) is 54.0 Å². The first-order chi connectivity index (χ1) is 7.75. The fraction of sp³-hybridized carbons (Fsp3) is 0.500. The van der Waals surface area contributed by atoms with Crippen LogP contribution in [0.25, 0.3) is 0 Å². The number of aromatic nitrogens is 1. The predicted octanol–water partition coefficient (Wildman–Crippen LogP) is 2.25. The molecule has 0 aromatic carbocycles. The van der Waals surface area contributed by atoms with Crippen LogP contribution < -0.4 is 10.6 Å². The molecule has 2 heterocycles. The molecule has 1 amide bonds. The summed E-state index contributed by atoms with van der Waals surface area (Å²) in [6, 6.07) is 4.11. The zero-order valence-electron chi connectivity index (χ0n) is 10.3. The highest BCUT2D eigenvalue weighted by atomic mass is 35.5. The molecule has 0 aliphatic carbocycles. The first kappa shape index (κ1) is 17.2. The van der Waals surface area contributed by atoms with E-state index in [1.807, 2.05) is 12.1 Å². The van der Waals surface area contributed by atoms with Crippen molar-refractivity contribution in [3.8, 4) is 0 Å². The van der Waals surface area contributed by atoms with Gasteiger partial charge < -0.3 is 10.6 Å². The molecule has 1 aliphatic rings. The maximum atomic E-state index is 11.9. The van der Waals surface area contributed by atoms with Crippen LogP contribution >= 0.6 is 24.8 Å². The third-order valence-corrected chi connectivity index (χ3v) is 2.92.